The van der Waals surface area contributed by atoms with Gasteiger partial charge in [-0.15, -0.1) is 0 Å². The van der Waals surface area contributed by atoms with E-state index in [1.165, 1.54) is 46.4 Å². The molecule has 8 nitrogen and oxygen atoms in total. The number of benzene rings is 2. The highest BCUT2D eigenvalue weighted by molar-refractivity contribution is 8.76. The maximum Gasteiger partial charge on any atom is 0.257 e. The van der Waals surface area contributed by atoms with Crippen LogP contribution < -0.4 is 10.6 Å². The zero-order chi connectivity index (χ0) is 23.9. The summed E-state index contributed by atoms with van der Waals surface area (Å²) in [6.45, 7) is 0. The van der Waals surface area contributed by atoms with Crippen LogP contribution in [0.1, 0.15) is 20.7 Å². The van der Waals surface area contributed by atoms with Gasteiger partial charge >= 0.3 is 0 Å². The minimum absolute atomic E-state index is 0.225. The Morgan fingerprint density at radius 1 is 0.647 bits per heavy atom. The van der Waals surface area contributed by atoms with Crippen molar-refractivity contribution in [1.29, 1.82) is 0 Å². The van der Waals surface area contributed by atoms with Crippen LogP contribution in [-0.4, -0.2) is 31.8 Å². The Hall–Kier alpha value is -3.18. The lowest BCUT2D eigenvalue weighted by atomic mass is 10.2. The third kappa shape index (κ3) is 6.23. The average molecular weight is 529 g/mol. The summed E-state index contributed by atoms with van der Waals surface area (Å²) in [4.78, 5) is 42.7. The Bertz CT molecular complexity index is 1260. The maximum absolute atomic E-state index is 12.8. The molecule has 0 saturated heterocycles. The van der Waals surface area contributed by atoms with Crippen molar-refractivity contribution >= 4 is 68.2 Å². The fourth-order valence-electron chi connectivity index (χ4n) is 2.71. The summed E-state index contributed by atoms with van der Waals surface area (Å²) in [6, 6.07) is 17.2. The average Bonchev–Trinajstić information content (AvgIpc) is 2.83. The summed E-state index contributed by atoms with van der Waals surface area (Å²) in [5, 5.41) is 5.88. The Kier molecular flexibility index (Phi) is 7.96. The minimum atomic E-state index is -0.342. The topological polar surface area (TPSA) is 110 Å². The largest absolute Gasteiger partial charge is 0.306 e. The molecule has 0 radical (unpaired) electrons. The first-order valence-corrected chi connectivity index (χ1v) is 12.5. The van der Waals surface area contributed by atoms with Crippen LogP contribution in [0, 0.1) is 0 Å². The van der Waals surface area contributed by atoms with E-state index in [1.807, 2.05) is 24.3 Å². The highest BCUT2D eigenvalue weighted by Crippen LogP contribution is 2.40. The van der Waals surface area contributed by atoms with Gasteiger partial charge in [0, 0.05) is 21.9 Å². The molecule has 0 spiro atoms. The number of aromatic nitrogens is 4. The van der Waals surface area contributed by atoms with Crippen LogP contribution in [0.25, 0.3) is 0 Å². The molecule has 34 heavy (non-hydrogen) atoms. The molecular formula is C22H14Cl2N6O2S2. The second-order valence-corrected chi connectivity index (χ2v) is 9.51. The molecule has 4 aromatic rings. The number of hydrogen-bond donors (Lipinski definition) is 2. The van der Waals surface area contributed by atoms with Gasteiger partial charge in [0.1, 0.15) is 34.6 Å². The van der Waals surface area contributed by atoms with Crippen LogP contribution in [0.3, 0.4) is 0 Å². The molecule has 0 saturated carbocycles. The summed E-state index contributed by atoms with van der Waals surface area (Å²) >= 11 is 11.7. The quantitative estimate of drug-likeness (QED) is 0.226. The molecule has 2 aromatic carbocycles. The van der Waals surface area contributed by atoms with Gasteiger partial charge in [-0.25, -0.2) is 19.9 Å². The standard InChI is InChI=1S/C22H14Cl2N6O2S2/c23-17-9-19(27-11-25-17)29-21(31)13-5-1-3-7-15(13)33-34-16-8-4-2-6-14(16)22(32)30-20-10-18(24)26-12-28-20/h1-12H,(H,25,27,29,31)(H,26,28,30,32). The monoisotopic (exact) mass is 528 g/mol. The molecule has 0 aliphatic rings. The van der Waals surface area contributed by atoms with Gasteiger partial charge < -0.3 is 10.6 Å². The van der Waals surface area contributed by atoms with Gasteiger partial charge in [-0.2, -0.15) is 0 Å². The number of nitrogens with zero attached hydrogens (tertiary/aromatic N) is 4. The van der Waals surface area contributed by atoms with E-state index in [2.05, 4.69) is 30.6 Å². The molecule has 0 bridgehead atoms. The third-order valence-corrected chi connectivity index (χ3v) is 7.13. The normalized spacial score (nSPS) is 10.5. The molecular weight excluding hydrogens is 515 g/mol. The first-order valence-electron chi connectivity index (χ1n) is 9.60. The fraction of sp³-hybridized carbons (Fsp3) is 0. The second kappa shape index (κ2) is 11.3. The van der Waals surface area contributed by atoms with Gasteiger partial charge in [0.05, 0.1) is 11.1 Å². The second-order valence-electron chi connectivity index (χ2n) is 6.52. The van der Waals surface area contributed by atoms with Crippen molar-refractivity contribution < 1.29 is 9.59 Å². The smallest absolute Gasteiger partial charge is 0.257 e. The SMILES string of the molecule is O=C(Nc1cc(Cl)ncn1)c1ccccc1SSc1ccccc1C(=O)Nc1cc(Cl)ncn1. The number of anilines is 2. The van der Waals surface area contributed by atoms with Crippen molar-refractivity contribution in [3.05, 3.63) is 94.8 Å². The molecule has 2 amide bonds. The van der Waals surface area contributed by atoms with Gasteiger partial charge in [-0.1, -0.05) is 69.1 Å². The summed E-state index contributed by atoms with van der Waals surface area (Å²) in [5.74, 6) is -0.0936. The Balaban J connectivity index is 1.49. The van der Waals surface area contributed by atoms with Crippen molar-refractivity contribution in [1.82, 2.24) is 19.9 Å². The summed E-state index contributed by atoms with van der Waals surface area (Å²) in [7, 11) is 2.71. The van der Waals surface area contributed by atoms with Gasteiger partial charge in [0.25, 0.3) is 11.8 Å². The maximum atomic E-state index is 12.8. The van der Waals surface area contributed by atoms with Crippen LogP contribution >= 0.6 is 44.8 Å². The van der Waals surface area contributed by atoms with E-state index in [0.29, 0.717) is 32.6 Å². The molecule has 0 unspecified atom stereocenters. The van der Waals surface area contributed by atoms with Crippen molar-refractivity contribution in [3.8, 4) is 0 Å². The molecule has 170 valence electrons. The fourth-order valence-corrected chi connectivity index (χ4v) is 5.37. The molecule has 0 fully saturated rings. The molecule has 4 rings (SSSR count). The molecule has 0 atom stereocenters. The Morgan fingerprint density at radius 2 is 1.06 bits per heavy atom. The molecule has 0 aliphatic carbocycles. The van der Waals surface area contributed by atoms with Crippen molar-refractivity contribution in [2.75, 3.05) is 10.6 Å². The Labute approximate surface area is 212 Å². The van der Waals surface area contributed by atoms with Crippen molar-refractivity contribution in [2.45, 2.75) is 9.79 Å². The van der Waals surface area contributed by atoms with Crippen LogP contribution in [0.5, 0.6) is 0 Å². The molecule has 12 heteroatoms. The van der Waals surface area contributed by atoms with Crippen molar-refractivity contribution in [3.63, 3.8) is 0 Å². The van der Waals surface area contributed by atoms with Gasteiger partial charge in [-0.3, -0.25) is 9.59 Å². The van der Waals surface area contributed by atoms with Gasteiger partial charge in [0.2, 0.25) is 0 Å². The third-order valence-electron chi connectivity index (χ3n) is 4.24. The summed E-state index contributed by atoms with van der Waals surface area (Å²) in [6.07, 6.45) is 2.54. The lowest BCUT2D eigenvalue weighted by Gasteiger charge is -2.11. The predicted octanol–water partition coefficient (Wildman–Crippen LogP) is 5.88. The van der Waals surface area contributed by atoms with E-state index in [0.717, 1.165) is 0 Å². The van der Waals surface area contributed by atoms with Crippen LogP contribution in [-0.2, 0) is 0 Å². The molecule has 2 aromatic heterocycles. The molecule has 2 heterocycles. The highest BCUT2D eigenvalue weighted by atomic mass is 35.5. The van der Waals surface area contributed by atoms with E-state index in [4.69, 9.17) is 23.2 Å². The van der Waals surface area contributed by atoms with Gasteiger partial charge in [0.15, 0.2) is 0 Å². The zero-order valence-electron chi connectivity index (χ0n) is 17.1. The van der Waals surface area contributed by atoms with E-state index in [1.54, 1.807) is 24.3 Å². The highest BCUT2D eigenvalue weighted by Gasteiger charge is 2.16. The van der Waals surface area contributed by atoms with Crippen LogP contribution in [0.2, 0.25) is 10.3 Å². The van der Waals surface area contributed by atoms with Crippen molar-refractivity contribution in [2.24, 2.45) is 0 Å². The number of amides is 2. The minimum Gasteiger partial charge on any atom is -0.306 e. The molecule has 0 aliphatic heterocycles. The number of nitrogens with one attached hydrogen (secondary N) is 2. The van der Waals surface area contributed by atoms with E-state index < -0.39 is 0 Å². The predicted molar refractivity (Wildman–Crippen MR) is 135 cm³/mol. The lowest BCUT2D eigenvalue weighted by molar-refractivity contribution is 0.101. The first-order chi connectivity index (χ1) is 16.5. The number of halogens is 2. The van der Waals surface area contributed by atoms with Crippen LogP contribution in [0.15, 0.2) is 83.1 Å². The first kappa shape index (κ1) is 24.0. The van der Waals surface area contributed by atoms with Gasteiger partial charge in [-0.05, 0) is 24.3 Å². The summed E-state index contributed by atoms with van der Waals surface area (Å²) < 4.78 is 0. The van der Waals surface area contributed by atoms with E-state index in [9.17, 15) is 9.59 Å². The zero-order valence-corrected chi connectivity index (χ0v) is 20.3. The lowest BCUT2D eigenvalue weighted by Crippen LogP contribution is -2.14. The number of rotatable bonds is 7. The van der Waals surface area contributed by atoms with Crippen LogP contribution in [0.4, 0.5) is 11.6 Å². The summed E-state index contributed by atoms with van der Waals surface area (Å²) in [5.41, 5.74) is 0.902. The Morgan fingerprint density at radius 3 is 1.47 bits per heavy atom. The molecule has 2 N–H and O–H groups in total. The van der Waals surface area contributed by atoms with E-state index in [-0.39, 0.29) is 22.1 Å². The number of carbonyl (C=O) groups excluding carboxylic acids is 2. The number of carbonyl (C=O) groups is 2. The van der Waals surface area contributed by atoms with E-state index >= 15 is 0 Å². The number of hydrogen-bond acceptors (Lipinski definition) is 8.